The van der Waals surface area contributed by atoms with Gasteiger partial charge in [-0.3, -0.25) is 9.69 Å². The molecule has 0 aliphatic carbocycles. The summed E-state index contributed by atoms with van der Waals surface area (Å²) in [5.41, 5.74) is -0.493. The Kier molecular flexibility index (Phi) is 4.56. The van der Waals surface area contributed by atoms with Gasteiger partial charge in [-0.15, -0.1) is 0 Å². The lowest BCUT2D eigenvalue weighted by Crippen LogP contribution is -2.63. The van der Waals surface area contributed by atoms with Crippen LogP contribution in [0.2, 0.25) is 0 Å². The third-order valence-electron chi connectivity index (χ3n) is 2.72. The van der Waals surface area contributed by atoms with Crippen LogP contribution in [0.25, 0.3) is 0 Å². The van der Waals surface area contributed by atoms with Gasteiger partial charge < -0.3 is 14.8 Å². The van der Waals surface area contributed by atoms with Gasteiger partial charge in [-0.2, -0.15) is 0 Å². The summed E-state index contributed by atoms with van der Waals surface area (Å²) in [5, 5.41) is 2.76. The molecule has 0 radical (unpaired) electrons. The van der Waals surface area contributed by atoms with Crippen LogP contribution in [0.3, 0.4) is 0 Å². The zero-order valence-corrected chi connectivity index (χ0v) is 11.6. The van der Waals surface area contributed by atoms with Crippen molar-refractivity contribution in [1.29, 1.82) is 0 Å². The lowest BCUT2D eigenvalue weighted by molar-refractivity contribution is -0.148. The number of amides is 1. The average Bonchev–Trinajstić information content (AvgIpc) is 2.18. The normalized spacial score (nSPS) is 18.7. The van der Waals surface area contributed by atoms with E-state index in [2.05, 4.69) is 10.1 Å². The minimum atomic E-state index is -0.493. The predicted octanol–water partition coefficient (Wildman–Crippen LogP) is 0.757. The molecular formula is C12H22N2O4. The summed E-state index contributed by atoms with van der Waals surface area (Å²) in [4.78, 5) is 24.7. The van der Waals surface area contributed by atoms with Crippen LogP contribution in [0.4, 0.5) is 4.79 Å². The highest BCUT2D eigenvalue weighted by molar-refractivity contribution is 5.75. The van der Waals surface area contributed by atoms with Gasteiger partial charge in [-0.05, 0) is 27.7 Å². The van der Waals surface area contributed by atoms with Crippen LogP contribution in [-0.4, -0.2) is 54.8 Å². The van der Waals surface area contributed by atoms with E-state index in [9.17, 15) is 9.59 Å². The molecule has 1 saturated heterocycles. The summed E-state index contributed by atoms with van der Waals surface area (Å²) in [5.74, 6) is -0.259. The van der Waals surface area contributed by atoms with E-state index in [1.165, 1.54) is 7.11 Å². The van der Waals surface area contributed by atoms with Crippen molar-refractivity contribution in [3.8, 4) is 0 Å². The zero-order valence-electron chi connectivity index (χ0n) is 11.6. The Morgan fingerprint density at radius 1 is 1.33 bits per heavy atom. The predicted molar refractivity (Wildman–Crippen MR) is 66.2 cm³/mol. The van der Waals surface area contributed by atoms with Crippen LogP contribution in [0.15, 0.2) is 0 Å². The first kappa shape index (κ1) is 14.8. The molecule has 6 heteroatoms. The van der Waals surface area contributed by atoms with Gasteiger partial charge in [0.2, 0.25) is 0 Å². The third-order valence-corrected chi connectivity index (χ3v) is 2.72. The highest BCUT2D eigenvalue weighted by atomic mass is 16.6. The van der Waals surface area contributed by atoms with Crippen LogP contribution in [0.1, 0.15) is 27.7 Å². The number of esters is 1. The number of likely N-dealkylation sites (tertiary alicyclic amines) is 1. The molecule has 0 aromatic carbocycles. The first-order valence-electron chi connectivity index (χ1n) is 6.04. The standard InChI is InChI=1S/C12H22N2O4/c1-8(10(15)17-5)14-6-9(7-14)13-11(16)18-12(2,3)4/h8-9H,6-7H2,1-5H3,(H,13,16). The monoisotopic (exact) mass is 258 g/mol. The average molecular weight is 258 g/mol. The lowest BCUT2D eigenvalue weighted by Gasteiger charge is -2.42. The highest BCUT2D eigenvalue weighted by Crippen LogP contribution is 2.14. The first-order chi connectivity index (χ1) is 8.23. The molecule has 1 rings (SSSR count). The molecule has 1 fully saturated rings. The number of hydrogen-bond acceptors (Lipinski definition) is 5. The molecule has 1 aliphatic rings. The molecule has 1 atom stereocenters. The Balaban J connectivity index is 2.27. The Bertz CT molecular complexity index is 319. The van der Waals surface area contributed by atoms with Crippen molar-refractivity contribution in [2.45, 2.75) is 45.4 Å². The molecule has 0 bridgehead atoms. The number of ether oxygens (including phenoxy) is 2. The molecule has 0 spiro atoms. The third kappa shape index (κ3) is 4.18. The summed E-state index contributed by atoms with van der Waals surface area (Å²) in [6.07, 6.45) is -0.419. The van der Waals surface area contributed by atoms with Gasteiger partial charge in [0.25, 0.3) is 0 Å². The topological polar surface area (TPSA) is 67.9 Å². The lowest BCUT2D eigenvalue weighted by atomic mass is 10.1. The smallest absolute Gasteiger partial charge is 0.407 e. The second kappa shape index (κ2) is 5.56. The van der Waals surface area contributed by atoms with E-state index in [-0.39, 0.29) is 18.1 Å². The zero-order chi connectivity index (χ0) is 13.9. The molecule has 0 aromatic heterocycles. The van der Waals surface area contributed by atoms with Crippen LogP contribution < -0.4 is 5.32 Å². The maximum Gasteiger partial charge on any atom is 0.407 e. The van der Waals surface area contributed by atoms with Crippen molar-refractivity contribution in [2.24, 2.45) is 0 Å². The molecule has 104 valence electrons. The van der Waals surface area contributed by atoms with Crippen molar-refractivity contribution in [1.82, 2.24) is 10.2 Å². The van der Waals surface area contributed by atoms with Crippen LogP contribution in [0, 0.1) is 0 Å². The molecule has 0 aromatic rings. The molecule has 1 heterocycles. The van der Waals surface area contributed by atoms with Crippen LogP contribution in [0.5, 0.6) is 0 Å². The van der Waals surface area contributed by atoms with Crippen molar-refractivity contribution in [3.63, 3.8) is 0 Å². The van der Waals surface area contributed by atoms with E-state index in [0.717, 1.165) is 0 Å². The number of carbonyl (C=O) groups is 2. The number of rotatable bonds is 3. The first-order valence-corrected chi connectivity index (χ1v) is 6.04. The van der Waals surface area contributed by atoms with Crippen LogP contribution in [-0.2, 0) is 14.3 Å². The maximum atomic E-state index is 11.5. The van der Waals surface area contributed by atoms with E-state index < -0.39 is 11.7 Å². The van der Waals surface area contributed by atoms with Crippen molar-refractivity contribution >= 4 is 12.1 Å². The number of hydrogen-bond donors (Lipinski definition) is 1. The van der Waals surface area contributed by atoms with Crippen molar-refractivity contribution < 1.29 is 19.1 Å². The number of nitrogens with one attached hydrogen (secondary N) is 1. The molecule has 0 saturated carbocycles. The van der Waals surface area contributed by atoms with Crippen molar-refractivity contribution in [2.75, 3.05) is 20.2 Å². The van der Waals surface area contributed by atoms with E-state index >= 15 is 0 Å². The van der Waals surface area contributed by atoms with Gasteiger partial charge >= 0.3 is 12.1 Å². The van der Waals surface area contributed by atoms with Crippen LogP contribution >= 0.6 is 0 Å². The molecule has 6 nitrogen and oxygen atoms in total. The number of methoxy groups -OCH3 is 1. The summed E-state index contributed by atoms with van der Waals surface area (Å²) < 4.78 is 9.81. The Hall–Kier alpha value is -1.30. The van der Waals surface area contributed by atoms with Gasteiger partial charge in [-0.25, -0.2) is 4.79 Å². The summed E-state index contributed by atoms with van der Waals surface area (Å²) >= 11 is 0. The fourth-order valence-electron chi connectivity index (χ4n) is 1.71. The van der Waals surface area contributed by atoms with Gasteiger partial charge in [0.05, 0.1) is 13.2 Å². The van der Waals surface area contributed by atoms with Crippen molar-refractivity contribution in [3.05, 3.63) is 0 Å². The molecule has 18 heavy (non-hydrogen) atoms. The fourth-order valence-corrected chi connectivity index (χ4v) is 1.71. The largest absolute Gasteiger partial charge is 0.468 e. The van der Waals surface area contributed by atoms with E-state index in [1.807, 2.05) is 25.7 Å². The highest BCUT2D eigenvalue weighted by Gasteiger charge is 2.35. The number of nitrogens with zero attached hydrogens (tertiary/aromatic N) is 1. The fraction of sp³-hybridized carbons (Fsp3) is 0.833. The Morgan fingerprint density at radius 2 is 1.89 bits per heavy atom. The van der Waals surface area contributed by atoms with E-state index in [0.29, 0.717) is 13.1 Å². The maximum absolute atomic E-state index is 11.5. The van der Waals surface area contributed by atoms with E-state index in [1.54, 1.807) is 6.92 Å². The number of carbonyl (C=O) groups excluding carboxylic acids is 2. The molecular weight excluding hydrogens is 236 g/mol. The summed E-state index contributed by atoms with van der Waals surface area (Å²) in [6.45, 7) is 8.51. The molecule has 1 aliphatic heterocycles. The quantitative estimate of drug-likeness (QED) is 0.757. The molecule has 1 unspecified atom stereocenters. The van der Waals surface area contributed by atoms with Gasteiger partial charge in [0, 0.05) is 13.1 Å². The molecule has 1 amide bonds. The minimum Gasteiger partial charge on any atom is -0.468 e. The summed E-state index contributed by atoms with van der Waals surface area (Å²) in [7, 11) is 1.37. The second-order valence-electron chi connectivity index (χ2n) is 5.50. The Labute approximate surface area is 108 Å². The van der Waals surface area contributed by atoms with Gasteiger partial charge in [0.15, 0.2) is 0 Å². The Morgan fingerprint density at radius 3 is 2.33 bits per heavy atom. The number of alkyl carbamates (subject to hydrolysis) is 1. The molecule has 1 N–H and O–H groups in total. The minimum absolute atomic E-state index is 0.0342. The van der Waals surface area contributed by atoms with Gasteiger partial charge in [-0.1, -0.05) is 0 Å². The SMILES string of the molecule is COC(=O)C(C)N1CC(NC(=O)OC(C)(C)C)C1. The summed E-state index contributed by atoms with van der Waals surface area (Å²) in [6, 6.07) is -0.237. The van der Waals surface area contributed by atoms with E-state index in [4.69, 9.17) is 4.74 Å². The van der Waals surface area contributed by atoms with Gasteiger partial charge in [0.1, 0.15) is 11.6 Å². The second-order valence-corrected chi connectivity index (χ2v) is 5.50.